The second kappa shape index (κ2) is 8.43. The van der Waals surface area contributed by atoms with Crippen LogP contribution in [-0.2, 0) is 6.54 Å². The van der Waals surface area contributed by atoms with Gasteiger partial charge in [0.25, 0.3) is 5.91 Å². The summed E-state index contributed by atoms with van der Waals surface area (Å²) in [5.74, 6) is -0.631. The fourth-order valence-corrected chi connectivity index (χ4v) is 3.55. The molecule has 2 aromatic carbocycles. The van der Waals surface area contributed by atoms with Gasteiger partial charge < -0.3 is 14.1 Å². The van der Waals surface area contributed by atoms with Crippen LogP contribution >= 0.6 is 0 Å². The van der Waals surface area contributed by atoms with Crippen LogP contribution in [0.1, 0.15) is 15.9 Å². The fraction of sp³-hybridized carbons (Fsp3) is 0.273. The van der Waals surface area contributed by atoms with Gasteiger partial charge in [-0.3, -0.25) is 9.69 Å². The second-order valence-electron chi connectivity index (χ2n) is 7.25. The van der Waals surface area contributed by atoms with Crippen LogP contribution in [0.4, 0.5) is 13.2 Å². The van der Waals surface area contributed by atoms with E-state index in [4.69, 9.17) is 4.42 Å². The largest absolute Gasteiger partial charge is 0.573 e. The van der Waals surface area contributed by atoms with E-state index in [-0.39, 0.29) is 17.2 Å². The van der Waals surface area contributed by atoms with Gasteiger partial charge >= 0.3 is 12.0 Å². The molecule has 3 aromatic rings. The van der Waals surface area contributed by atoms with Crippen LogP contribution in [-0.4, -0.2) is 48.2 Å². The molecule has 1 aliphatic heterocycles. The van der Waals surface area contributed by atoms with E-state index in [1.807, 2.05) is 0 Å². The molecule has 0 saturated carbocycles. The Hall–Kier alpha value is -3.33. The highest BCUT2D eigenvalue weighted by molar-refractivity contribution is 5.96. The van der Waals surface area contributed by atoms with Crippen molar-refractivity contribution in [3.63, 3.8) is 0 Å². The topological polar surface area (TPSA) is 63.0 Å². The smallest absolute Gasteiger partial charge is 0.422 e. The molecule has 0 aliphatic carbocycles. The lowest BCUT2D eigenvalue weighted by Crippen LogP contribution is -2.49. The standard InChI is InChI=1S/C22H19F3N2O4/c23-22(24,25)31-17-7-5-15(6-8-17)14-26-9-11-27(12-10-26)20(28)18-13-16-3-1-2-4-19(16)30-21(18)29/h1-8,13H,9-12,14H2. The van der Waals surface area contributed by atoms with Gasteiger partial charge in [0, 0.05) is 38.1 Å². The van der Waals surface area contributed by atoms with E-state index < -0.39 is 12.0 Å². The maximum Gasteiger partial charge on any atom is 0.573 e. The molecule has 0 atom stereocenters. The van der Waals surface area contributed by atoms with Crippen molar-refractivity contribution in [2.45, 2.75) is 12.9 Å². The number of halogens is 3. The molecule has 0 unspecified atom stereocenters. The summed E-state index contributed by atoms with van der Waals surface area (Å²) in [6.07, 6.45) is -4.72. The molecule has 1 amide bonds. The minimum Gasteiger partial charge on any atom is -0.422 e. The average molecular weight is 432 g/mol. The zero-order valence-corrected chi connectivity index (χ0v) is 16.4. The number of carbonyl (C=O) groups excluding carboxylic acids is 1. The van der Waals surface area contributed by atoms with E-state index in [9.17, 15) is 22.8 Å². The molecule has 0 bridgehead atoms. The molecule has 1 aliphatic rings. The van der Waals surface area contributed by atoms with Crippen LogP contribution in [0.5, 0.6) is 5.75 Å². The molecule has 162 valence electrons. The number of fused-ring (bicyclic) bond motifs is 1. The van der Waals surface area contributed by atoms with Gasteiger partial charge in [-0.2, -0.15) is 0 Å². The molecule has 6 nitrogen and oxygen atoms in total. The monoisotopic (exact) mass is 432 g/mol. The summed E-state index contributed by atoms with van der Waals surface area (Å²) in [5, 5.41) is 0.682. The molecule has 0 N–H and O–H groups in total. The lowest BCUT2D eigenvalue weighted by atomic mass is 10.1. The Kier molecular flexibility index (Phi) is 5.69. The van der Waals surface area contributed by atoms with Gasteiger partial charge in [-0.1, -0.05) is 30.3 Å². The number of hydrogen-bond donors (Lipinski definition) is 0. The third-order valence-corrected chi connectivity index (χ3v) is 5.09. The minimum atomic E-state index is -4.72. The summed E-state index contributed by atoms with van der Waals surface area (Å²) >= 11 is 0. The summed E-state index contributed by atoms with van der Waals surface area (Å²) in [5.41, 5.74) is 0.615. The first-order chi connectivity index (χ1) is 14.8. The highest BCUT2D eigenvalue weighted by Crippen LogP contribution is 2.23. The SMILES string of the molecule is O=C(c1cc2ccccc2oc1=O)N1CCN(Cc2ccc(OC(F)(F)F)cc2)CC1. The normalized spacial score (nSPS) is 15.3. The molecule has 1 aromatic heterocycles. The number of amides is 1. The number of carbonyl (C=O) groups is 1. The third kappa shape index (κ3) is 5.05. The quantitative estimate of drug-likeness (QED) is 0.589. The van der Waals surface area contributed by atoms with E-state index in [0.717, 1.165) is 5.56 Å². The van der Waals surface area contributed by atoms with Crippen molar-refractivity contribution in [2.75, 3.05) is 26.2 Å². The van der Waals surface area contributed by atoms with E-state index in [0.29, 0.717) is 43.7 Å². The average Bonchev–Trinajstić information content (AvgIpc) is 2.74. The first kappa shape index (κ1) is 20.9. The minimum absolute atomic E-state index is 0.00686. The molecule has 2 heterocycles. The van der Waals surface area contributed by atoms with Gasteiger partial charge in [-0.05, 0) is 29.8 Å². The summed E-state index contributed by atoms with van der Waals surface area (Å²) < 4.78 is 45.9. The van der Waals surface area contributed by atoms with Crippen LogP contribution in [0.25, 0.3) is 11.0 Å². The summed E-state index contributed by atoms with van der Waals surface area (Å²) in [7, 11) is 0. The number of nitrogens with zero attached hydrogens (tertiary/aromatic N) is 2. The number of alkyl halides is 3. The second-order valence-corrected chi connectivity index (χ2v) is 7.25. The summed E-state index contributed by atoms with van der Waals surface area (Å²) in [6.45, 7) is 2.55. The van der Waals surface area contributed by atoms with E-state index in [1.54, 1.807) is 47.4 Å². The van der Waals surface area contributed by atoms with Crippen molar-refractivity contribution < 1.29 is 27.1 Å². The van der Waals surface area contributed by atoms with Crippen LogP contribution < -0.4 is 10.4 Å². The van der Waals surface area contributed by atoms with Crippen molar-refractivity contribution in [3.8, 4) is 5.75 Å². The number of rotatable bonds is 4. The zero-order valence-electron chi connectivity index (χ0n) is 16.4. The van der Waals surface area contributed by atoms with Gasteiger partial charge in [0.2, 0.25) is 0 Å². The number of para-hydroxylation sites is 1. The Balaban J connectivity index is 1.36. The Morgan fingerprint density at radius 1 is 1.00 bits per heavy atom. The van der Waals surface area contributed by atoms with Crippen molar-refractivity contribution in [1.29, 1.82) is 0 Å². The Bertz CT molecular complexity index is 1130. The maximum atomic E-state index is 12.8. The third-order valence-electron chi connectivity index (χ3n) is 5.09. The number of benzene rings is 2. The van der Waals surface area contributed by atoms with Crippen molar-refractivity contribution in [2.24, 2.45) is 0 Å². The van der Waals surface area contributed by atoms with Crippen molar-refractivity contribution in [1.82, 2.24) is 9.80 Å². The molecule has 4 rings (SSSR count). The highest BCUT2D eigenvalue weighted by Gasteiger charge is 2.31. The molecule has 9 heteroatoms. The predicted molar refractivity (Wildman–Crippen MR) is 107 cm³/mol. The Labute approximate surface area is 175 Å². The molecule has 31 heavy (non-hydrogen) atoms. The zero-order chi connectivity index (χ0) is 22.0. The molecule has 0 radical (unpaired) electrons. The van der Waals surface area contributed by atoms with E-state index >= 15 is 0 Å². The molecule has 1 saturated heterocycles. The van der Waals surface area contributed by atoms with Crippen molar-refractivity contribution >= 4 is 16.9 Å². The lowest BCUT2D eigenvalue weighted by Gasteiger charge is -2.34. The summed E-state index contributed by atoms with van der Waals surface area (Å²) in [4.78, 5) is 28.8. The van der Waals surface area contributed by atoms with Crippen LogP contribution in [0.2, 0.25) is 0 Å². The van der Waals surface area contributed by atoms with Gasteiger partial charge in [0.1, 0.15) is 16.9 Å². The number of piperazine rings is 1. The van der Waals surface area contributed by atoms with Gasteiger partial charge in [0.05, 0.1) is 0 Å². The van der Waals surface area contributed by atoms with Crippen LogP contribution in [0.3, 0.4) is 0 Å². The maximum absolute atomic E-state index is 12.8. The number of ether oxygens (including phenoxy) is 1. The fourth-order valence-electron chi connectivity index (χ4n) is 3.55. The predicted octanol–water partition coefficient (Wildman–Crippen LogP) is 3.65. The lowest BCUT2D eigenvalue weighted by molar-refractivity contribution is -0.274. The molecule has 1 fully saturated rings. The highest BCUT2D eigenvalue weighted by atomic mass is 19.4. The van der Waals surface area contributed by atoms with E-state index in [1.165, 1.54) is 12.1 Å². The summed E-state index contributed by atoms with van der Waals surface area (Å²) in [6, 6.07) is 14.3. The molecular formula is C22H19F3N2O4. The van der Waals surface area contributed by atoms with Gasteiger partial charge in [0.15, 0.2) is 0 Å². The van der Waals surface area contributed by atoms with Crippen LogP contribution in [0.15, 0.2) is 63.8 Å². The van der Waals surface area contributed by atoms with Crippen LogP contribution in [0, 0.1) is 0 Å². The Morgan fingerprint density at radius 3 is 2.35 bits per heavy atom. The van der Waals surface area contributed by atoms with Gasteiger partial charge in [-0.25, -0.2) is 4.79 Å². The first-order valence-electron chi connectivity index (χ1n) is 9.68. The number of hydrogen-bond acceptors (Lipinski definition) is 5. The first-order valence-corrected chi connectivity index (χ1v) is 9.68. The molecule has 0 spiro atoms. The van der Waals surface area contributed by atoms with Crippen molar-refractivity contribution in [3.05, 3.63) is 76.1 Å². The molecular weight excluding hydrogens is 413 g/mol. The van der Waals surface area contributed by atoms with E-state index in [2.05, 4.69) is 9.64 Å². The Morgan fingerprint density at radius 2 is 1.68 bits per heavy atom. The van der Waals surface area contributed by atoms with Gasteiger partial charge in [-0.15, -0.1) is 13.2 Å².